The molecule has 0 saturated heterocycles. The number of rotatable bonds is 0. The van der Waals surface area contributed by atoms with E-state index < -0.39 is 0 Å². The van der Waals surface area contributed by atoms with Crippen LogP contribution in [0.3, 0.4) is 0 Å². The van der Waals surface area contributed by atoms with E-state index in [1.54, 1.807) is 6.08 Å². The zero-order valence-electron chi connectivity index (χ0n) is 7.60. The molecule has 0 spiro atoms. The SMILES string of the molecule is C=CC.CC1CCCCC1=O. The summed E-state index contributed by atoms with van der Waals surface area (Å²) in [6.45, 7) is 7.28. The molecule has 1 atom stereocenters. The third kappa shape index (κ3) is 4.77. The molecule has 1 aliphatic carbocycles. The fraction of sp³-hybridized carbons (Fsp3) is 0.700. The molecule has 1 nitrogen and oxygen atoms in total. The Morgan fingerprint density at radius 2 is 2.09 bits per heavy atom. The second-order valence-electron chi connectivity index (χ2n) is 3.02. The summed E-state index contributed by atoms with van der Waals surface area (Å²) >= 11 is 0. The number of allylic oxidation sites excluding steroid dienone is 1. The molecule has 64 valence electrons. The summed E-state index contributed by atoms with van der Waals surface area (Å²) in [4.78, 5) is 10.8. The van der Waals surface area contributed by atoms with Gasteiger partial charge < -0.3 is 0 Å². The molecule has 0 aliphatic heterocycles. The van der Waals surface area contributed by atoms with Crippen LogP contribution in [-0.4, -0.2) is 5.78 Å². The Labute approximate surface area is 69.5 Å². The lowest BCUT2D eigenvalue weighted by atomic mass is 9.90. The van der Waals surface area contributed by atoms with E-state index >= 15 is 0 Å². The first-order valence-corrected chi connectivity index (χ1v) is 4.32. The van der Waals surface area contributed by atoms with Crippen LogP contribution in [0, 0.1) is 5.92 Å². The van der Waals surface area contributed by atoms with Gasteiger partial charge in [-0.15, -0.1) is 6.58 Å². The van der Waals surface area contributed by atoms with Crippen LogP contribution in [0.2, 0.25) is 0 Å². The second-order valence-corrected chi connectivity index (χ2v) is 3.02. The zero-order chi connectivity index (χ0) is 8.69. The number of hydrogen-bond donors (Lipinski definition) is 0. The fourth-order valence-electron chi connectivity index (χ4n) is 1.16. The summed E-state index contributed by atoms with van der Waals surface area (Å²) in [6.07, 6.45) is 6.09. The highest BCUT2D eigenvalue weighted by molar-refractivity contribution is 5.81. The van der Waals surface area contributed by atoms with Crippen LogP contribution in [-0.2, 0) is 4.79 Å². The fourth-order valence-corrected chi connectivity index (χ4v) is 1.16. The smallest absolute Gasteiger partial charge is 0.135 e. The van der Waals surface area contributed by atoms with Gasteiger partial charge in [0.25, 0.3) is 0 Å². The van der Waals surface area contributed by atoms with Gasteiger partial charge in [0.2, 0.25) is 0 Å². The Morgan fingerprint density at radius 1 is 1.55 bits per heavy atom. The van der Waals surface area contributed by atoms with Crippen molar-refractivity contribution in [3.8, 4) is 0 Å². The van der Waals surface area contributed by atoms with Gasteiger partial charge in [-0.1, -0.05) is 19.4 Å². The normalized spacial score (nSPS) is 23.5. The molecule has 0 radical (unpaired) electrons. The van der Waals surface area contributed by atoms with Crippen molar-refractivity contribution < 1.29 is 4.79 Å². The highest BCUT2D eigenvalue weighted by Crippen LogP contribution is 2.18. The van der Waals surface area contributed by atoms with Crippen molar-refractivity contribution in [1.82, 2.24) is 0 Å². The average Bonchev–Trinajstić information content (AvgIpc) is 1.97. The number of carbonyl (C=O) groups excluding carboxylic acids is 1. The minimum atomic E-state index is 0.365. The van der Waals surface area contributed by atoms with Crippen LogP contribution in [0.15, 0.2) is 12.7 Å². The summed E-state index contributed by atoms with van der Waals surface area (Å²) < 4.78 is 0. The van der Waals surface area contributed by atoms with Gasteiger partial charge in [0, 0.05) is 12.3 Å². The van der Waals surface area contributed by atoms with Crippen LogP contribution in [0.5, 0.6) is 0 Å². The summed E-state index contributed by atoms with van der Waals surface area (Å²) in [5, 5.41) is 0. The van der Waals surface area contributed by atoms with E-state index in [0.29, 0.717) is 11.7 Å². The zero-order valence-corrected chi connectivity index (χ0v) is 7.60. The Hall–Kier alpha value is -0.590. The van der Waals surface area contributed by atoms with Gasteiger partial charge in [-0.25, -0.2) is 0 Å². The van der Waals surface area contributed by atoms with Gasteiger partial charge in [0.1, 0.15) is 5.78 Å². The topological polar surface area (TPSA) is 17.1 Å². The van der Waals surface area contributed by atoms with Gasteiger partial charge in [-0.2, -0.15) is 0 Å². The summed E-state index contributed by atoms with van der Waals surface area (Å²) in [7, 11) is 0. The minimum Gasteiger partial charge on any atom is -0.299 e. The maximum absolute atomic E-state index is 10.8. The van der Waals surface area contributed by atoms with Crippen LogP contribution in [0.4, 0.5) is 0 Å². The average molecular weight is 154 g/mol. The van der Waals surface area contributed by atoms with E-state index in [-0.39, 0.29) is 0 Å². The van der Waals surface area contributed by atoms with Crippen LogP contribution in [0.25, 0.3) is 0 Å². The number of hydrogen-bond acceptors (Lipinski definition) is 1. The monoisotopic (exact) mass is 154 g/mol. The molecule has 0 heterocycles. The van der Waals surface area contributed by atoms with Gasteiger partial charge in [-0.05, 0) is 19.8 Å². The third-order valence-corrected chi connectivity index (χ3v) is 1.86. The van der Waals surface area contributed by atoms with Crippen molar-refractivity contribution in [2.75, 3.05) is 0 Å². The van der Waals surface area contributed by atoms with E-state index in [9.17, 15) is 4.79 Å². The van der Waals surface area contributed by atoms with Gasteiger partial charge in [0.05, 0.1) is 0 Å². The van der Waals surface area contributed by atoms with Gasteiger partial charge in [-0.3, -0.25) is 4.79 Å². The van der Waals surface area contributed by atoms with E-state index in [1.807, 2.05) is 13.8 Å². The van der Waals surface area contributed by atoms with Crippen molar-refractivity contribution >= 4 is 5.78 Å². The lowest BCUT2D eigenvalue weighted by Gasteiger charge is -2.14. The Bertz CT molecular complexity index is 127. The first-order chi connectivity index (χ1) is 5.22. The molecule has 0 aromatic heterocycles. The molecular weight excluding hydrogens is 136 g/mol. The van der Waals surface area contributed by atoms with Gasteiger partial charge >= 0.3 is 0 Å². The largest absolute Gasteiger partial charge is 0.299 e. The molecule has 1 fully saturated rings. The molecule has 0 bridgehead atoms. The predicted molar refractivity (Wildman–Crippen MR) is 48.5 cm³/mol. The van der Waals surface area contributed by atoms with Crippen molar-refractivity contribution in [2.24, 2.45) is 5.92 Å². The Morgan fingerprint density at radius 3 is 2.36 bits per heavy atom. The summed E-state index contributed by atoms with van der Waals surface area (Å²) in [5.41, 5.74) is 0. The molecule has 0 N–H and O–H groups in total. The van der Waals surface area contributed by atoms with Crippen molar-refractivity contribution in [1.29, 1.82) is 0 Å². The lowest BCUT2D eigenvalue weighted by molar-refractivity contribution is -0.123. The first kappa shape index (κ1) is 10.4. The van der Waals surface area contributed by atoms with Crippen molar-refractivity contribution in [3.05, 3.63) is 12.7 Å². The van der Waals surface area contributed by atoms with Crippen molar-refractivity contribution in [2.45, 2.75) is 39.5 Å². The maximum Gasteiger partial charge on any atom is 0.135 e. The second kappa shape index (κ2) is 6.14. The summed E-state index contributed by atoms with van der Waals surface area (Å²) in [5.74, 6) is 0.833. The number of ketones is 1. The molecule has 11 heavy (non-hydrogen) atoms. The maximum atomic E-state index is 10.8. The molecule has 0 aromatic rings. The first-order valence-electron chi connectivity index (χ1n) is 4.32. The Kier molecular flexibility index (Phi) is 5.81. The predicted octanol–water partition coefficient (Wildman–Crippen LogP) is 2.96. The van der Waals surface area contributed by atoms with Gasteiger partial charge in [0.15, 0.2) is 0 Å². The standard InChI is InChI=1S/C7H12O.C3H6/c1-6-4-2-3-5-7(6)8;1-3-2/h6H,2-5H2,1H3;3H,1H2,2H3. The minimum absolute atomic E-state index is 0.365. The van der Waals surface area contributed by atoms with Crippen molar-refractivity contribution in [3.63, 3.8) is 0 Å². The van der Waals surface area contributed by atoms with E-state index in [4.69, 9.17) is 0 Å². The molecule has 1 rings (SSSR count). The molecular formula is C10H18O. The van der Waals surface area contributed by atoms with Crippen LogP contribution < -0.4 is 0 Å². The third-order valence-electron chi connectivity index (χ3n) is 1.86. The molecule has 1 aliphatic rings. The van der Waals surface area contributed by atoms with Crippen LogP contribution >= 0.6 is 0 Å². The van der Waals surface area contributed by atoms with E-state index in [2.05, 4.69) is 6.58 Å². The molecule has 1 saturated carbocycles. The van der Waals surface area contributed by atoms with E-state index in [1.165, 1.54) is 6.42 Å². The highest BCUT2D eigenvalue weighted by Gasteiger charge is 2.16. The quantitative estimate of drug-likeness (QED) is 0.490. The number of Topliss-reactive ketones (excluding diaryl/α,β-unsaturated/α-hetero) is 1. The van der Waals surface area contributed by atoms with E-state index in [0.717, 1.165) is 19.3 Å². The highest BCUT2D eigenvalue weighted by atomic mass is 16.1. The molecule has 0 aromatic carbocycles. The number of carbonyl (C=O) groups is 1. The van der Waals surface area contributed by atoms with Crippen LogP contribution in [0.1, 0.15) is 39.5 Å². The molecule has 1 heteroatoms. The summed E-state index contributed by atoms with van der Waals surface area (Å²) in [6, 6.07) is 0. The Balaban J connectivity index is 0.000000292. The lowest BCUT2D eigenvalue weighted by Crippen LogP contribution is -2.14. The molecule has 0 amide bonds. The molecule has 1 unspecified atom stereocenters.